The summed E-state index contributed by atoms with van der Waals surface area (Å²) in [4.78, 5) is 56.0. The van der Waals surface area contributed by atoms with Crippen molar-refractivity contribution in [1.82, 2.24) is 0 Å². The van der Waals surface area contributed by atoms with E-state index in [4.69, 9.17) is 14.2 Å². The van der Waals surface area contributed by atoms with Gasteiger partial charge in [0.25, 0.3) is 0 Å². The molecule has 4 aliphatic rings. The summed E-state index contributed by atoms with van der Waals surface area (Å²) in [5, 5.41) is 0. The highest BCUT2D eigenvalue weighted by molar-refractivity contribution is 6.41. The predicted molar refractivity (Wildman–Crippen MR) is 263 cm³/mol. The minimum Gasteiger partial charge on any atom is -0.497 e. The van der Waals surface area contributed by atoms with Crippen LogP contribution in [0.25, 0.3) is 12.2 Å². The molecule has 0 aromatic heterocycles. The molecule has 67 heavy (non-hydrogen) atoms. The average molecular weight is 884 g/mol. The standard InChI is InChI=1S/C59H49NO7/c1-58(2,3)50-34-38(52-54(61)46-12-8-9-13-47(46)55(52)62)32-44(66-50)28-20-36-16-22-40(23-17-36)60(42-26-30-43(65-7)31-27-42)41-24-18-37(19-25-41)21-29-45-33-39(35-51(67-45)59(4,5)6)53-56(63)48-14-10-11-15-49(48)57(53)64/h8-35H,1-7H3/b28-20+,29-21+. The maximum Gasteiger partial charge on any atom is 0.198 e. The first kappa shape index (κ1) is 44.1. The predicted octanol–water partition coefficient (Wildman–Crippen LogP) is 13.6. The van der Waals surface area contributed by atoms with E-state index in [9.17, 15) is 19.2 Å². The Kier molecular flexibility index (Phi) is 11.4. The number of allylic oxidation sites excluding steroid dienone is 12. The van der Waals surface area contributed by atoms with Gasteiger partial charge in [-0.25, -0.2) is 0 Å². The monoisotopic (exact) mass is 883 g/mol. The van der Waals surface area contributed by atoms with Crippen molar-refractivity contribution >= 4 is 52.3 Å². The molecule has 5 aromatic carbocycles. The van der Waals surface area contributed by atoms with Crippen LogP contribution in [0.15, 0.2) is 203 Å². The van der Waals surface area contributed by atoms with Crippen LogP contribution in [0.1, 0.15) is 94.1 Å². The topological polar surface area (TPSA) is 99.2 Å². The van der Waals surface area contributed by atoms with Crippen molar-refractivity contribution in [3.63, 3.8) is 0 Å². The number of hydrogen-bond acceptors (Lipinski definition) is 8. The number of benzene rings is 5. The molecule has 0 bridgehead atoms. The summed E-state index contributed by atoms with van der Waals surface area (Å²) in [5.41, 5.74) is 6.88. The normalized spacial score (nSPS) is 16.2. The number of fused-ring (bicyclic) bond motifs is 2. The molecular formula is C59H49NO7. The quantitative estimate of drug-likeness (QED) is 0.112. The highest BCUT2D eigenvalue weighted by Crippen LogP contribution is 2.40. The molecule has 332 valence electrons. The van der Waals surface area contributed by atoms with E-state index < -0.39 is 0 Å². The molecule has 9 rings (SSSR count). The Morgan fingerprint density at radius 3 is 1.07 bits per heavy atom. The van der Waals surface area contributed by atoms with Gasteiger partial charge >= 0.3 is 0 Å². The Labute approximate surface area is 390 Å². The van der Waals surface area contributed by atoms with E-state index in [-0.39, 0.29) is 45.1 Å². The van der Waals surface area contributed by atoms with Crippen LogP contribution in [0, 0.1) is 10.8 Å². The highest BCUT2D eigenvalue weighted by atomic mass is 16.5. The second-order valence-electron chi connectivity index (χ2n) is 18.8. The first-order valence-electron chi connectivity index (χ1n) is 22.2. The lowest BCUT2D eigenvalue weighted by atomic mass is 9.89. The van der Waals surface area contributed by atoms with E-state index in [1.807, 2.05) is 139 Å². The first-order chi connectivity index (χ1) is 32.1. The number of rotatable bonds is 8. The highest BCUT2D eigenvalue weighted by Gasteiger charge is 2.37. The molecule has 2 aliphatic carbocycles. The van der Waals surface area contributed by atoms with Gasteiger partial charge in [-0.3, -0.25) is 19.2 Å². The molecule has 0 N–H and O–H groups in total. The van der Waals surface area contributed by atoms with Crippen molar-refractivity contribution in [1.29, 1.82) is 0 Å². The van der Waals surface area contributed by atoms with Crippen molar-refractivity contribution < 1.29 is 33.4 Å². The van der Waals surface area contributed by atoms with E-state index in [2.05, 4.69) is 4.90 Å². The minimum absolute atomic E-state index is 0.155. The van der Waals surface area contributed by atoms with Gasteiger partial charge in [0.1, 0.15) is 28.8 Å². The lowest BCUT2D eigenvalue weighted by Gasteiger charge is -2.27. The largest absolute Gasteiger partial charge is 0.497 e. The molecule has 0 saturated heterocycles. The van der Waals surface area contributed by atoms with E-state index in [1.54, 1.807) is 79.9 Å². The third-order valence-corrected chi connectivity index (χ3v) is 11.9. The average Bonchev–Trinajstić information content (AvgIpc) is 3.74. The maximum absolute atomic E-state index is 13.5. The van der Waals surface area contributed by atoms with Crippen molar-refractivity contribution in [3.05, 3.63) is 236 Å². The molecule has 2 heterocycles. The van der Waals surface area contributed by atoms with E-state index >= 15 is 0 Å². The van der Waals surface area contributed by atoms with Crippen LogP contribution in [0.5, 0.6) is 5.75 Å². The summed E-state index contributed by atoms with van der Waals surface area (Å²) < 4.78 is 18.2. The molecular weight excluding hydrogens is 835 g/mol. The lowest BCUT2D eigenvalue weighted by Crippen LogP contribution is -2.16. The Hall–Kier alpha value is -8.10. The van der Waals surface area contributed by atoms with Gasteiger partial charge in [-0.05, 0) is 107 Å². The molecule has 0 amide bonds. The number of methoxy groups -OCH3 is 1. The second-order valence-corrected chi connectivity index (χ2v) is 18.8. The fraction of sp³-hybridized carbons (Fsp3) is 0.153. The van der Waals surface area contributed by atoms with Gasteiger partial charge in [0.15, 0.2) is 23.1 Å². The third-order valence-electron chi connectivity index (χ3n) is 11.9. The van der Waals surface area contributed by atoms with E-state index in [1.165, 1.54) is 0 Å². The van der Waals surface area contributed by atoms with Gasteiger partial charge in [-0.15, -0.1) is 0 Å². The number of carbonyl (C=O) groups is 4. The molecule has 0 spiro atoms. The van der Waals surface area contributed by atoms with Crippen molar-refractivity contribution in [3.8, 4) is 5.75 Å². The van der Waals surface area contributed by atoms with Crippen LogP contribution in [-0.4, -0.2) is 30.2 Å². The van der Waals surface area contributed by atoms with Gasteiger partial charge in [-0.2, -0.15) is 0 Å². The zero-order chi connectivity index (χ0) is 47.2. The SMILES string of the molecule is COc1ccc(N(c2ccc(/C=C/C3=CC(=C4C(=O)c5ccccc5C4=O)C=C(C(C)(C)C)O3)cc2)c2ccc(/C=C/C3=CC(=C4C(=O)c5ccccc5C4=O)C=C(C(C)(C)C)O3)cc2)cc1. The molecule has 0 radical (unpaired) electrons. The van der Waals surface area contributed by atoms with Crippen LogP contribution in [0.2, 0.25) is 0 Å². The molecule has 0 atom stereocenters. The summed E-state index contributed by atoms with van der Waals surface area (Å²) in [5.74, 6) is 1.98. The van der Waals surface area contributed by atoms with Crippen LogP contribution in [-0.2, 0) is 9.47 Å². The van der Waals surface area contributed by atoms with Gasteiger partial charge in [0.2, 0.25) is 0 Å². The summed E-state index contributed by atoms with van der Waals surface area (Å²) in [7, 11) is 1.64. The summed E-state index contributed by atoms with van der Waals surface area (Å²) in [6.45, 7) is 12.2. The summed E-state index contributed by atoms with van der Waals surface area (Å²) in [6.07, 6.45) is 14.7. The lowest BCUT2D eigenvalue weighted by molar-refractivity contribution is 0.0971. The summed E-state index contributed by atoms with van der Waals surface area (Å²) in [6, 6.07) is 38.0. The first-order valence-corrected chi connectivity index (χ1v) is 22.2. The molecule has 0 unspecified atom stereocenters. The van der Waals surface area contributed by atoms with Crippen LogP contribution in [0.3, 0.4) is 0 Å². The minimum atomic E-state index is -0.386. The Morgan fingerprint density at radius 1 is 0.433 bits per heavy atom. The van der Waals surface area contributed by atoms with Crippen molar-refractivity contribution in [2.75, 3.05) is 12.0 Å². The zero-order valence-electron chi connectivity index (χ0n) is 38.5. The van der Waals surface area contributed by atoms with Gasteiger partial charge in [0, 0.05) is 50.1 Å². The third kappa shape index (κ3) is 8.74. The number of anilines is 3. The Bertz CT molecular complexity index is 2890. The molecule has 0 saturated carbocycles. The fourth-order valence-corrected chi connectivity index (χ4v) is 8.27. The van der Waals surface area contributed by atoms with Crippen molar-refractivity contribution in [2.45, 2.75) is 41.5 Å². The number of Topliss-reactive ketones (excluding diaryl/α,β-unsaturated/α-hetero) is 4. The van der Waals surface area contributed by atoms with Gasteiger partial charge in [-0.1, -0.05) is 126 Å². The Balaban J connectivity index is 0.985. The molecule has 2 aliphatic heterocycles. The molecule has 5 aromatic rings. The number of ketones is 4. The maximum atomic E-state index is 13.5. The molecule has 0 fully saturated rings. The van der Waals surface area contributed by atoms with Crippen LogP contribution >= 0.6 is 0 Å². The number of ether oxygens (including phenoxy) is 3. The number of hydrogen-bond donors (Lipinski definition) is 0. The van der Waals surface area contributed by atoms with Gasteiger partial charge in [0.05, 0.1) is 18.3 Å². The van der Waals surface area contributed by atoms with Crippen molar-refractivity contribution in [2.24, 2.45) is 10.8 Å². The number of carbonyl (C=O) groups excluding carboxylic acids is 4. The van der Waals surface area contributed by atoms with E-state index in [0.29, 0.717) is 56.4 Å². The summed E-state index contributed by atoms with van der Waals surface area (Å²) >= 11 is 0. The smallest absolute Gasteiger partial charge is 0.198 e. The number of nitrogens with zero attached hydrogens (tertiary/aromatic N) is 1. The van der Waals surface area contributed by atoms with Crippen LogP contribution in [0.4, 0.5) is 17.1 Å². The zero-order valence-corrected chi connectivity index (χ0v) is 38.5. The van der Waals surface area contributed by atoms with E-state index in [0.717, 1.165) is 33.9 Å². The molecule has 8 nitrogen and oxygen atoms in total. The van der Waals surface area contributed by atoms with Crippen LogP contribution < -0.4 is 9.64 Å². The molecule has 8 heteroatoms. The fourth-order valence-electron chi connectivity index (χ4n) is 8.27. The second kappa shape index (κ2) is 17.4. The van der Waals surface area contributed by atoms with Gasteiger partial charge < -0.3 is 19.1 Å². The Morgan fingerprint density at radius 2 is 0.761 bits per heavy atom.